The molecular weight excluding hydrogens is 271 g/mol. The highest BCUT2D eigenvalue weighted by Crippen LogP contribution is 2.39. The Morgan fingerprint density at radius 2 is 1.95 bits per heavy atom. The van der Waals surface area contributed by atoms with Gasteiger partial charge in [-0.1, -0.05) is 13.8 Å². The summed E-state index contributed by atoms with van der Waals surface area (Å²) in [7, 11) is 0. The van der Waals surface area contributed by atoms with Crippen LogP contribution < -0.4 is 0 Å². The van der Waals surface area contributed by atoms with Crippen LogP contribution in [0.25, 0.3) is 0 Å². The van der Waals surface area contributed by atoms with Crippen LogP contribution in [0, 0.1) is 11.3 Å². The zero-order valence-corrected chi connectivity index (χ0v) is 12.3. The van der Waals surface area contributed by atoms with Gasteiger partial charge >= 0.3 is 12.1 Å². The molecule has 1 N–H and O–H groups in total. The van der Waals surface area contributed by atoms with Gasteiger partial charge in [0.2, 0.25) is 0 Å². The van der Waals surface area contributed by atoms with Gasteiger partial charge < -0.3 is 5.11 Å². The normalized spacial score (nSPS) is 26.1. The van der Waals surface area contributed by atoms with E-state index in [4.69, 9.17) is 0 Å². The first-order valence-electron chi connectivity index (χ1n) is 7.12. The third-order valence-corrected chi connectivity index (χ3v) is 4.57. The Kier molecular flexibility index (Phi) is 5.46. The van der Waals surface area contributed by atoms with Crippen LogP contribution in [-0.4, -0.2) is 41.3 Å². The highest BCUT2D eigenvalue weighted by atomic mass is 19.4. The number of halogens is 3. The minimum absolute atomic E-state index is 0.00248. The van der Waals surface area contributed by atoms with Gasteiger partial charge in [0.25, 0.3) is 0 Å². The fourth-order valence-corrected chi connectivity index (χ4v) is 2.91. The van der Waals surface area contributed by atoms with Crippen molar-refractivity contribution in [2.24, 2.45) is 11.3 Å². The Labute approximate surface area is 118 Å². The van der Waals surface area contributed by atoms with Crippen LogP contribution in [0.15, 0.2) is 0 Å². The van der Waals surface area contributed by atoms with Gasteiger partial charge in [-0.2, -0.15) is 13.2 Å². The molecule has 6 heteroatoms. The fraction of sp³-hybridized carbons (Fsp3) is 0.929. The molecule has 0 amide bonds. The Hall–Kier alpha value is -0.780. The third-order valence-electron chi connectivity index (χ3n) is 4.57. The number of rotatable bonds is 6. The molecule has 0 aromatic heterocycles. The number of carbonyl (C=O) groups is 1. The quantitative estimate of drug-likeness (QED) is 0.815. The van der Waals surface area contributed by atoms with Crippen LogP contribution >= 0.6 is 0 Å². The number of aliphatic carboxylic acids is 1. The van der Waals surface area contributed by atoms with Crippen molar-refractivity contribution in [3.05, 3.63) is 0 Å². The van der Waals surface area contributed by atoms with Gasteiger partial charge in [-0.15, -0.1) is 0 Å². The number of hydrogen-bond acceptors (Lipinski definition) is 2. The maximum atomic E-state index is 12.1. The molecule has 1 aliphatic heterocycles. The van der Waals surface area contributed by atoms with Crippen LogP contribution in [0.4, 0.5) is 13.2 Å². The van der Waals surface area contributed by atoms with Crippen molar-refractivity contribution in [1.82, 2.24) is 4.90 Å². The molecule has 0 aromatic rings. The molecule has 1 rings (SSSR count). The molecular formula is C14H24F3NO2. The Morgan fingerprint density at radius 3 is 2.35 bits per heavy atom. The monoisotopic (exact) mass is 295 g/mol. The van der Waals surface area contributed by atoms with Gasteiger partial charge in [0.05, 0.1) is 5.41 Å². The van der Waals surface area contributed by atoms with E-state index in [0.29, 0.717) is 25.9 Å². The Balaban J connectivity index is 2.52. The highest BCUT2D eigenvalue weighted by molar-refractivity contribution is 5.75. The largest absolute Gasteiger partial charge is 0.481 e. The van der Waals surface area contributed by atoms with E-state index in [9.17, 15) is 23.1 Å². The summed E-state index contributed by atoms with van der Waals surface area (Å²) in [6.07, 6.45) is -3.74. The summed E-state index contributed by atoms with van der Waals surface area (Å²) >= 11 is 0. The van der Waals surface area contributed by atoms with Crippen molar-refractivity contribution in [2.75, 3.05) is 13.1 Å². The first kappa shape index (κ1) is 17.3. The summed E-state index contributed by atoms with van der Waals surface area (Å²) in [4.78, 5) is 13.5. The van der Waals surface area contributed by atoms with Gasteiger partial charge in [0, 0.05) is 19.0 Å². The molecule has 3 nitrogen and oxygen atoms in total. The lowest BCUT2D eigenvalue weighted by molar-refractivity contribution is -0.151. The summed E-state index contributed by atoms with van der Waals surface area (Å²) in [5.41, 5.74) is -0.752. The van der Waals surface area contributed by atoms with Crippen LogP contribution in [0.5, 0.6) is 0 Å². The van der Waals surface area contributed by atoms with Crippen LogP contribution in [0.2, 0.25) is 0 Å². The number of carboxylic acid groups (broad SMARTS) is 1. The Bertz CT molecular complexity index is 344. The van der Waals surface area contributed by atoms with E-state index in [1.807, 2.05) is 25.7 Å². The molecule has 0 aliphatic carbocycles. The highest BCUT2D eigenvalue weighted by Gasteiger charge is 2.47. The lowest BCUT2D eigenvalue weighted by atomic mass is 9.76. The molecule has 2 unspecified atom stereocenters. The lowest BCUT2D eigenvalue weighted by Gasteiger charge is -2.31. The number of alkyl halides is 3. The smallest absolute Gasteiger partial charge is 0.389 e. The summed E-state index contributed by atoms with van der Waals surface area (Å²) in [6, 6.07) is -0.00248. The van der Waals surface area contributed by atoms with E-state index in [1.165, 1.54) is 0 Å². The zero-order chi connectivity index (χ0) is 15.6. The van der Waals surface area contributed by atoms with Crippen molar-refractivity contribution < 1.29 is 23.1 Å². The van der Waals surface area contributed by atoms with Crippen molar-refractivity contribution in [3.63, 3.8) is 0 Å². The van der Waals surface area contributed by atoms with Crippen molar-refractivity contribution in [3.8, 4) is 0 Å². The van der Waals surface area contributed by atoms with Crippen LogP contribution in [-0.2, 0) is 4.79 Å². The lowest BCUT2D eigenvalue weighted by Crippen LogP contribution is -2.41. The summed E-state index contributed by atoms with van der Waals surface area (Å²) in [6.45, 7) is 6.76. The van der Waals surface area contributed by atoms with E-state index >= 15 is 0 Å². The molecule has 118 valence electrons. The van der Waals surface area contributed by atoms with Gasteiger partial charge in [-0.05, 0) is 38.6 Å². The molecule has 0 bridgehead atoms. The van der Waals surface area contributed by atoms with Crippen LogP contribution in [0.1, 0.15) is 46.5 Å². The van der Waals surface area contributed by atoms with Crippen molar-refractivity contribution in [1.29, 1.82) is 0 Å². The van der Waals surface area contributed by atoms with Crippen LogP contribution in [0.3, 0.4) is 0 Å². The summed E-state index contributed by atoms with van der Waals surface area (Å²) in [5.74, 6) is -0.773. The van der Waals surface area contributed by atoms with E-state index in [0.717, 1.165) is 0 Å². The maximum Gasteiger partial charge on any atom is 0.389 e. The summed E-state index contributed by atoms with van der Waals surface area (Å²) < 4.78 is 36.4. The average Bonchev–Trinajstić information content (AvgIpc) is 2.73. The third kappa shape index (κ3) is 4.11. The first-order chi connectivity index (χ1) is 9.08. The van der Waals surface area contributed by atoms with Gasteiger partial charge in [0.15, 0.2) is 0 Å². The topological polar surface area (TPSA) is 40.5 Å². The molecule has 2 atom stereocenters. The number of likely N-dealkylation sites (tertiary alicyclic amines) is 1. The second kappa shape index (κ2) is 6.33. The second-order valence-corrected chi connectivity index (χ2v) is 6.19. The fourth-order valence-electron chi connectivity index (χ4n) is 2.91. The van der Waals surface area contributed by atoms with E-state index < -0.39 is 24.0 Å². The van der Waals surface area contributed by atoms with E-state index in [2.05, 4.69) is 0 Å². The molecule has 0 saturated carbocycles. The average molecular weight is 295 g/mol. The van der Waals surface area contributed by atoms with Gasteiger partial charge in [-0.3, -0.25) is 9.69 Å². The van der Waals surface area contributed by atoms with Gasteiger partial charge in [0.1, 0.15) is 0 Å². The predicted molar refractivity (Wildman–Crippen MR) is 70.5 cm³/mol. The second-order valence-electron chi connectivity index (χ2n) is 6.19. The molecule has 20 heavy (non-hydrogen) atoms. The number of carboxylic acids is 1. The summed E-state index contributed by atoms with van der Waals surface area (Å²) in [5, 5.41) is 9.44. The zero-order valence-electron chi connectivity index (χ0n) is 12.3. The minimum atomic E-state index is -4.10. The van der Waals surface area contributed by atoms with E-state index in [1.54, 1.807) is 0 Å². The SMILES string of the molecule is CC(CCCC(F)(F)F)N1CCC(C(=O)O)(C(C)C)C1. The van der Waals surface area contributed by atoms with E-state index in [-0.39, 0.29) is 18.4 Å². The van der Waals surface area contributed by atoms with Crippen molar-refractivity contribution >= 4 is 5.97 Å². The first-order valence-corrected chi connectivity index (χ1v) is 7.12. The predicted octanol–water partition coefficient (Wildman–Crippen LogP) is 3.54. The Morgan fingerprint density at radius 1 is 1.35 bits per heavy atom. The molecule has 0 spiro atoms. The molecule has 1 heterocycles. The number of nitrogens with zero attached hydrogens (tertiary/aromatic N) is 1. The molecule has 1 saturated heterocycles. The molecule has 0 radical (unpaired) electrons. The van der Waals surface area contributed by atoms with Gasteiger partial charge in [-0.25, -0.2) is 0 Å². The number of hydrogen-bond donors (Lipinski definition) is 1. The molecule has 1 fully saturated rings. The minimum Gasteiger partial charge on any atom is -0.481 e. The maximum absolute atomic E-state index is 12.1. The molecule has 1 aliphatic rings. The molecule has 0 aromatic carbocycles. The van der Waals surface area contributed by atoms with Crippen molar-refractivity contribution in [2.45, 2.75) is 58.7 Å². The standard InChI is InChI=1S/C14H24F3NO2/c1-10(2)13(12(19)20)7-8-18(9-13)11(3)5-4-6-14(15,16)17/h10-11H,4-9H2,1-3H3,(H,19,20).